The van der Waals surface area contributed by atoms with Crippen molar-refractivity contribution in [1.29, 1.82) is 0 Å². The van der Waals surface area contributed by atoms with Gasteiger partial charge in [-0.3, -0.25) is 14.9 Å². The number of nitrogens with one attached hydrogen (secondary N) is 1. The zero-order valence-corrected chi connectivity index (χ0v) is 19.7. The Bertz CT molecular complexity index is 1470. The Hall–Kier alpha value is -4.66. The molecule has 3 aromatic carbocycles. The summed E-state index contributed by atoms with van der Waals surface area (Å²) < 4.78 is 12.7. The molecule has 1 aromatic heterocycles. The zero-order chi connectivity index (χ0) is 25.1. The van der Waals surface area contributed by atoms with Gasteiger partial charge < -0.3 is 14.0 Å². The highest BCUT2D eigenvalue weighted by molar-refractivity contribution is 6.02. The number of non-ortho nitro benzene ring substituents is 1. The topological polar surface area (TPSA) is 108 Å². The monoisotopic (exact) mass is 472 g/mol. The zero-order valence-electron chi connectivity index (χ0n) is 19.7. The van der Waals surface area contributed by atoms with Gasteiger partial charge in [-0.2, -0.15) is 5.10 Å². The number of methoxy groups -OCH3 is 2. The van der Waals surface area contributed by atoms with Gasteiger partial charge in [-0.1, -0.05) is 24.3 Å². The van der Waals surface area contributed by atoms with Crippen LogP contribution in [0.15, 0.2) is 65.8 Å². The molecule has 0 atom stereocenters. The van der Waals surface area contributed by atoms with Crippen LogP contribution in [-0.4, -0.2) is 35.8 Å². The molecule has 0 saturated heterocycles. The van der Waals surface area contributed by atoms with Crippen molar-refractivity contribution < 1.29 is 19.2 Å². The molecule has 1 N–H and O–H groups in total. The summed E-state index contributed by atoms with van der Waals surface area (Å²) in [6.45, 7) is 3.74. The number of hydrogen-bond acceptors (Lipinski definition) is 6. The summed E-state index contributed by atoms with van der Waals surface area (Å²) in [5.41, 5.74) is 5.77. The predicted octanol–water partition coefficient (Wildman–Crippen LogP) is 4.94. The molecular weight excluding hydrogens is 448 g/mol. The quantitative estimate of drug-likeness (QED) is 0.233. The van der Waals surface area contributed by atoms with Crippen LogP contribution in [0.3, 0.4) is 0 Å². The molecule has 4 aromatic rings. The molecule has 0 radical (unpaired) electrons. The smallest absolute Gasteiger partial charge is 0.275 e. The first-order valence-electron chi connectivity index (χ1n) is 10.8. The van der Waals surface area contributed by atoms with E-state index in [1.54, 1.807) is 12.1 Å². The van der Waals surface area contributed by atoms with Crippen LogP contribution in [0, 0.1) is 24.0 Å². The van der Waals surface area contributed by atoms with Crippen LogP contribution in [0.25, 0.3) is 16.5 Å². The van der Waals surface area contributed by atoms with E-state index >= 15 is 0 Å². The van der Waals surface area contributed by atoms with Crippen molar-refractivity contribution >= 4 is 28.6 Å². The number of nitro groups is 1. The van der Waals surface area contributed by atoms with Gasteiger partial charge >= 0.3 is 0 Å². The molecule has 0 spiro atoms. The van der Waals surface area contributed by atoms with E-state index in [0.717, 1.165) is 27.7 Å². The van der Waals surface area contributed by atoms with Gasteiger partial charge in [-0.25, -0.2) is 5.43 Å². The standard InChI is InChI=1S/C26H24N4O5/c1-16-11-20(17(2)29(16)23-14-21(30(32)33)9-10-24(23)34-3)15-27-28-26(31)22-12-18-7-5-6-8-19(18)13-25(22)35-4/h5-15H,1-4H3,(H,28,31). The molecule has 0 aliphatic carbocycles. The Morgan fingerprint density at radius 3 is 2.34 bits per heavy atom. The fourth-order valence-corrected chi connectivity index (χ4v) is 4.04. The number of carbonyl (C=O) groups is 1. The molecule has 0 fully saturated rings. The van der Waals surface area contributed by atoms with E-state index in [1.807, 2.05) is 54.8 Å². The largest absolute Gasteiger partial charge is 0.496 e. The van der Waals surface area contributed by atoms with Crippen LogP contribution in [0.4, 0.5) is 5.69 Å². The van der Waals surface area contributed by atoms with Crippen molar-refractivity contribution in [2.24, 2.45) is 5.10 Å². The number of fused-ring (bicyclic) bond motifs is 1. The lowest BCUT2D eigenvalue weighted by molar-refractivity contribution is -0.384. The molecule has 0 saturated carbocycles. The van der Waals surface area contributed by atoms with Gasteiger partial charge in [0.15, 0.2) is 0 Å². The number of hydrazone groups is 1. The summed E-state index contributed by atoms with van der Waals surface area (Å²) in [6.07, 6.45) is 1.54. The molecule has 9 heteroatoms. The number of rotatable bonds is 7. The molecule has 9 nitrogen and oxygen atoms in total. The van der Waals surface area contributed by atoms with Gasteiger partial charge in [0.25, 0.3) is 11.6 Å². The molecule has 0 unspecified atom stereocenters. The number of aryl methyl sites for hydroxylation is 1. The van der Waals surface area contributed by atoms with Crippen molar-refractivity contribution in [3.8, 4) is 17.2 Å². The minimum atomic E-state index is -0.448. The van der Waals surface area contributed by atoms with Crippen LogP contribution in [0.5, 0.6) is 11.5 Å². The summed E-state index contributed by atoms with van der Waals surface area (Å²) in [5.74, 6) is 0.544. The Morgan fingerprint density at radius 1 is 1.00 bits per heavy atom. The van der Waals surface area contributed by atoms with E-state index in [0.29, 0.717) is 22.7 Å². The maximum Gasteiger partial charge on any atom is 0.275 e. The summed E-state index contributed by atoms with van der Waals surface area (Å²) in [7, 11) is 3.03. The number of benzene rings is 3. The van der Waals surface area contributed by atoms with Gasteiger partial charge in [-0.15, -0.1) is 0 Å². The molecule has 35 heavy (non-hydrogen) atoms. The van der Waals surface area contributed by atoms with Crippen molar-refractivity contribution in [2.45, 2.75) is 13.8 Å². The molecule has 4 rings (SSSR count). The highest BCUT2D eigenvalue weighted by atomic mass is 16.6. The molecular formula is C26H24N4O5. The van der Waals surface area contributed by atoms with Crippen LogP contribution in [0.1, 0.15) is 27.3 Å². The van der Waals surface area contributed by atoms with Crippen molar-refractivity contribution in [3.05, 3.63) is 93.3 Å². The average Bonchev–Trinajstić information content (AvgIpc) is 3.14. The number of carbonyl (C=O) groups excluding carboxylic acids is 1. The molecule has 1 amide bonds. The van der Waals surface area contributed by atoms with Gasteiger partial charge in [-0.05, 0) is 48.9 Å². The Morgan fingerprint density at radius 2 is 1.69 bits per heavy atom. The van der Waals surface area contributed by atoms with E-state index in [2.05, 4.69) is 10.5 Å². The van der Waals surface area contributed by atoms with Crippen molar-refractivity contribution in [3.63, 3.8) is 0 Å². The highest BCUT2D eigenvalue weighted by Gasteiger charge is 2.18. The minimum absolute atomic E-state index is 0.0416. The normalized spacial score (nSPS) is 11.1. The van der Waals surface area contributed by atoms with Crippen LogP contribution in [-0.2, 0) is 0 Å². The van der Waals surface area contributed by atoms with Gasteiger partial charge in [0.05, 0.1) is 36.6 Å². The predicted molar refractivity (Wildman–Crippen MR) is 134 cm³/mol. The Labute approximate surface area is 201 Å². The summed E-state index contributed by atoms with van der Waals surface area (Å²) in [4.78, 5) is 23.7. The lowest BCUT2D eigenvalue weighted by atomic mass is 10.1. The minimum Gasteiger partial charge on any atom is -0.496 e. The van der Waals surface area contributed by atoms with Gasteiger partial charge in [0.2, 0.25) is 0 Å². The highest BCUT2D eigenvalue weighted by Crippen LogP contribution is 2.31. The molecule has 0 aliphatic heterocycles. The fourth-order valence-electron chi connectivity index (χ4n) is 4.04. The van der Waals surface area contributed by atoms with E-state index in [1.165, 1.54) is 32.6 Å². The summed E-state index contributed by atoms with van der Waals surface area (Å²) in [6, 6.07) is 17.6. The number of amides is 1. The van der Waals surface area contributed by atoms with Crippen LogP contribution < -0.4 is 14.9 Å². The van der Waals surface area contributed by atoms with Gasteiger partial charge in [0.1, 0.15) is 11.5 Å². The third-order valence-electron chi connectivity index (χ3n) is 5.77. The molecule has 1 heterocycles. The van der Waals surface area contributed by atoms with E-state index < -0.39 is 10.8 Å². The maximum atomic E-state index is 12.8. The summed E-state index contributed by atoms with van der Waals surface area (Å²) in [5, 5.41) is 17.3. The fraction of sp³-hybridized carbons (Fsp3) is 0.154. The van der Waals surface area contributed by atoms with Crippen LogP contribution in [0.2, 0.25) is 0 Å². The summed E-state index contributed by atoms with van der Waals surface area (Å²) >= 11 is 0. The lowest BCUT2D eigenvalue weighted by Gasteiger charge is -2.13. The Balaban J connectivity index is 1.62. The van der Waals surface area contributed by atoms with E-state index in [-0.39, 0.29) is 5.69 Å². The second-order valence-corrected chi connectivity index (χ2v) is 7.87. The van der Waals surface area contributed by atoms with Crippen molar-refractivity contribution in [2.75, 3.05) is 14.2 Å². The number of hydrogen-bond donors (Lipinski definition) is 1. The first-order valence-corrected chi connectivity index (χ1v) is 10.8. The molecule has 178 valence electrons. The second-order valence-electron chi connectivity index (χ2n) is 7.87. The number of ether oxygens (including phenoxy) is 2. The van der Waals surface area contributed by atoms with E-state index in [9.17, 15) is 14.9 Å². The first kappa shape index (κ1) is 23.5. The van der Waals surface area contributed by atoms with Crippen LogP contribution >= 0.6 is 0 Å². The van der Waals surface area contributed by atoms with Gasteiger partial charge in [0, 0.05) is 29.1 Å². The second kappa shape index (κ2) is 9.68. The first-order chi connectivity index (χ1) is 16.8. The number of aromatic nitrogens is 1. The SMILES string of the molecule is COc1cc2ccccc2cc1C(=O)NN=Cc1cc(C)n(-c2cc([N+](=O)[O-])ccc2OC)c1C. The third-order valence-corrected chi connectivity index (χ3v) is 5.77. The third kappa shape index (κ3) is 4.56. The van der Waals surface area contributed by atoms with Crippen molar-refractivity contribution in [1.82, 2.24) is 9.99 Å². The number of nitrogens with zero attached hydrogens (tertiary/aromatic N) is 3. The maximum absolute atomic E-state index is 12.8. The Kier molecular flexibility index (Phi) is 6.50. The molecule has 0 bridgehead atoms. The average molecular weight is 473 g/mol. The lowest BCUT2D eigenvalue weighted by Crippen LogP contribution is -2.18. The molecule has 0 aliphatic rings. The number of nitro benzene ring substituents is 1. The van der Waals surface area contributed by atoms with E-state index in [4.69, 9.17) is 9.47 Å².